The Bertz CT molecular complexity index is 857. The molecule has 0 atom stereocenters. The molecule has 3 rings (SSSR count). The van der Waals surface area contributed by atoms with Crippen LogP contribution in [0.2, 0.25) is 0 Å². The number of hydrogen-bond donors (Lipinski definition) is 1. The lowest BCUT2D eigenvalue weighted by Crippen LogP contribution is -1.99. The number of carbonyl (C=O) groups is 1. The molecule has 1 heterocycles. The highest BCUT2D eigenvalue weighted by Crippen LogP contribution is 2.29. The predicted molar refractivity (Wildman–Crippen MR) is 104 cm³/mol. The standard InChI is InChI=1S/C21H21NO3S/c1-15-9-11-17(12-10-15)25-13-5-8-19-22-21(16-6-3-2-4-7-16)18(26-19)14-20(23)24/h2-4,6-7,9-12H,5,8,13-14H2,1H3,(H,23,24). The summed E-state index contributed by atoms with van der Waals surface area (Å²) in [5.74, 6) is 0.0337. The van der Waals surface area contributed by atoms with E-state index in [0.29, 0.717) is 6.61 Å². The van der Waals surface area contributed by atoms with E-state index in [1.54, 1.807) is 0 Å². The number of ether oxygens (including phenoxy) is 1. The second-order valence-corrected chi connectivity index (χ2v) is 7.25. The topological polar surface area (TPSA) is 59.4 Å². The summed E-state index contributed by atoms with van der Waals surface area (Å²) in [6, 6.07) is 17.7. The number of rotatable bonds is 8. The molecular weight excluding hydrogens is 346 g/mol. The molecule has 1 aromatic heterocycles. The van der Waals surface area contributed by atoms with Crippen LogP contribution >= 0.6 is 11.3 Å². The van der Waals surface area contributed by atoms with Crippen LogP contribution in [0.5, 0.6) is 5.75 Å². The molecule has 4 nitrogen and oxygen atoms in total. The minimum Gasteiger partial charge on any atom is -0.494 e. The van der Waals surface area contributed by atoms with Gasteiger partial charge in [-0.3, -0.25) is 4.79 Å². The highest BCUT2D eigenvalue weighted by molar-refractivity contribution is 7.12. The summed E-state index contributed by atoms with van der Waals surface area (Å²) in [6.45, 7) is 2.66. The zero-order valence-corrected chi connectivity index (χ0v) is 15.5. The van der Waals surface area contributed by atoms with Gasteiger partial charge in [-0.1, -0.05) is 48.0 Å². The van der Waals surface area contributed by atoms with E-state index < -0.39 is 5.97 Å². The zero-order valence-electron chi connectivity index (χ0n) is 14.6. The summed E-state index contributed by atoms with van der Waals surface area (Å²) in [7, 11) is 0. The fourth-order valence-corrected chi connectivity index (χ4v) is 3.76. The summed E-state index contributed by atoms with van der Waals surface area (Å²) in [5, 5.41) is 10.1. The molecule has 0 saturated heterocycles. The van der Waals surface area contributed by atoms with Crippen LogP contribution in [0.25, 0.3) is 11.3 Å². The van der Waals surface area contributed by atoms with Crippen molar-refractivity contribution in [2.24, 2.45) is 0 Å². The number of aromatic nitrogens is 1. The fraction of sp³-hybridized carbons (Fsp3) is 0.238. The number of nitrogens with zero attached hydrogens (tertiary/aromatic N) is 1. The smallest absolute Gasteiger partial charge is 0.308 e. The maximum Gasteiger partial charge on any atom is 0.308 e. The van der Waals surface area contributed by atoms with Gasteiger partial charge in [-0.2, -0.15) is 0 Å². The third-order valence-electron chi connectivity index (χ3n) is 3.93. The Kier molecular flexibility index (Phi) is 6.02. The molecule has 0 aliphatic heterocycles. The number of carboxylic acid groups (broad SMARTS) is 1. The van der Waals surface area contributed by atoms with Crippen molar-refractivity contribution in [3.63, 3.8) is 0 Å². The maximum absolute atomic E-state index is 11.2. The fourth-order valence-electron chi connectivity index (χ4n) is 2.63. The SMILES string of the molecule is Cc1ccc(OCCCc2nc(-c3ccccc3)c(CC(=O)O)s2)cc1. The van der Waals surface area contributed by atoms with Crippen LogP contribution in [-0.4, -0.2) is 22.7 Å². The molecule has 0 saturated carbocycles. The Balaban J connectivity index is 1.63. The van der Waals surface area contributed by atoms with Crippen molar-refractivity contribution in [1.29, 1.82) is 0 Å². The van der Waals surface area contributed by atoms with Crippen LogP contribution < -0.4 is 4.74 Å². The van der Waals surface area contributed by atoms with E-state index in [2.05, 4.69) is 4.98 Å². The quantitative estimate of drug-likeness (QED) is 0.583. The van der Waals surface area contributed by atoms with Gasteiger partial charge in [0.25, 0.3) is 0 Å². The minimum atomic E-state index is -0.833. The first-order valence-electron chi connectivity index (χ1n) is 8.57. The van der Waals surface area contributed by atoms with Crippen molar-refractivity contribution >= 4 is 17.3 Å². The molecule has 0 bridgehead atoms. The largest absolute Gasteiger partial charge is 0.494 e. The van der Waals surface area contributed by atoms with Crippen LogP contribution in [-0.2, 0) is 17.6 Å². The zero-order chi connectivity index (χ0) is 18.4. The lowest BCUT2D eigenvalue weighted by atomic mass is 10.1. The molecular formula is C21H21NO3S. The van der Waals surface area contributed by atoms with Gasteiger partial charge in [0.05, 0.1) is 23.7 Å². The Labute approximate surface area is 157 Å². The monoisotopic (exact) mass is 367 g/mol. The predicted octanol–water partition coefficient (Wildman–Crippen LogP) is 4.76. The number of aliphatic carboxylic acids is 1. The first-order valence-corrected chi connectivity index (χ1v) is 9.39. The van der Waals surface area contributed by atoms with Crippen LogP contribution in [0.15, 0.2) is 54.6 Å². The van der Waals surface area contributed by atoms with Crippen molar-refractivity contribution in [1.82, 2.24) is 4.98 Å². The normalized spacial score (nSPS) is 10.7. The number of aryl methyl sites for hydroxylation is 2. The first kappa shape index (κ1) is 18.1. The van der Waals surface area contributed by atoms with Gasteiger partial charge in [-0.15, -0.1) is 11.3 Å². The molecule has 1 N–H and O–H groups in total. The second-order valence-electron chi connectivity index (χ2n) is 6.08. The summed E-state index contributed by atoms with van der Waals surface area (Å²) in [4.78, 5) is 16.7. The molecule has 5 heteroatoms. The van der Waals surface area contributed by atoms with Gasteiger partial charge in [-0.25, -0.2) is 4.98 Å². The molecule has 0 unspecified atom stereocenters. The summed E-state index contributed by atoms with van der Waals surface area (Å²) in [5.41, 5.74) is 2.95. The molecule has 3 aromatic rings. The van der Waals surface area contributed by atoms with E-state index in [4.69, 9.17) is 9.84 Å². The summed E-state index contributed by atoms with van der Waals surface area (Å²) < 4.78 is 5.75. The number of carboxylic acids is 1. The second kappa shape index (κ2) is 8.63. The lowest BCUT2D eigenvalue weighted by Gasteiger charge is -2.05. The number of benzene rings is 2. The lowest BCUT2D eigenvalue weighted by molar-refractivity contribution is -0.136. The van der Waals surface area contributed by atoms with Gasteiger partial charge in [0.2, 0.25) is 0 Å². The minimum absolute atomic E-state index is 0.00175. The third-order valence-corrected chi connectivity index (χ3v) is 5.04. The van der Waals surface area contributed by atoms with Crippen LogP contribution in [0.3, 0.4) is 0 Å². The molecule has 0 aliphatic carbocycles. The molecule has 0 amide bonds. The highest BCUT2D eigenvalue weighted by atomic mass is 32.1. The molecule has 134 valence electrons. The van der Waals surface area contributed by atoms with Gasteiger partial charge >= 0.3 is 5.97 Å². The Morgan fingerprint density at radius 3 is 2.54 bits per heavy atom. The third kappa shape index (κ3) is 4.92. The Morgan fingerprint density at radius 1 is 1.12 bits per heavy atom. The molecule has 0 radical (unpaired) electrons. The van der Waals surface area contributed by atoms with Crippen molar-refractivity contribution in [2.45, 2.75) is 26.2 Å². The average Bonchev–Trinajstić information content (AvgIpc) is 3.03. The van der Waals surface area contributed by atoms with E-state index in [-0.39, 0.29) is 6.42 Å². The van der Waals surface area contributed by atoms with Crippen molar-refractivity contribution in [3.8, 4) is 17.0 Å². The van der Waals surface area contributed by atoms with Gasteiger partial charge in [0.1, 0.15) is 5.75 Å². The molecule has 0 spiro atoms. The van der Waals surface area contributed by atoms with E-state index in [0.717, 1.165) is 39.7 Å². The van der Waals surface area contributed by atoms with E-state index in [1.807, 2.05) is 61.5 Å². The van der Waals surface area contributed by atoms with Crippen LogP contribution in [0.4, 0.5) is 0 Å². The van der Waals surface area contributed by atoms with Crippen LogP contribution in [0, 0.1) is 6.92 Å². The molecule has 2 aromatic carbocycles. The molecule has 0 aliphatic rings. The molecule has 0 fully saturated rings. The number of hydrogen-bond acceptors (Lipinski definition) is 4. The van der Waals surface area contributed by atoms with E-state index in [1.165, 1.54) is 16.9 Å². The Morgan fingerprint density at radius 2 is 1.85 bits per heavy atom. The first-order chi connectivity index (χ1) is 12.6. The summed E-state index contributed by atoms with van der Waals surface area (Å²) >= 11 is 1.48. The number of thiazole rings is 1. The summed E-state index contributed by atoms with van der Waals surface area (Å²) in [6.07, 6.45) is 1.61. The highest BCUT2D eigenvalue weighted by Gasteiger charge is 2.15. The van der Waals surface area contributed by atoms with Gasteiger partial charge in [-0.05, 0) is 25.5 Å². The average molecular weight is 367 g/mol. The van der Waals surface area contributed by atoms with Gasteiger partial charge < -0.3 is 9.84 Å². The van der Waals surface area contributed by atoms with Crippen molar-refractivity contribution < 1.29 is 14.6 Å². The molecule has 26 heavy (non-hydrogen) atoms. The van der Waals surface area contributed by atoms with Gasteiger partial charge in [0.15, 0.2) is 0 Å². The Hall–Kier alpha value is -2.66. The van der Waals surface area contributed by atoms with E-state index in [9.17, 15) is 4.79 Å². The van der Waals surface area contributed by atoms with Gasteiger partial charge in [0, 0.05) is 16.9 Å². The van der Waals surface area contributed by atoms with Crippen LogP contribution in [0.1, 0.15) is 21.9 Å². The van der Waals surface area contributed by atoms with Crippen molar-refractivity contribution in [2.75, 3.05) is 6.61 Å². The maximum atomic E-state index is 11.2. The van der Waals surface area contributed by atoms with E-state index >= 15 is 0 Å². The van der Waals surface area contributed by atoms with Crippen molar-refractivity contribution in [3.05, 3.63) is 70.0 Å².